The van der Waals surface area contributed by atoms with Gasteiger partial charge >= 0.3 is 0 Å². The molecule has 1 rings (SSSR count). The molecule has 0 aromatic carbocycles. The molecular formula is C13H22BrN3O2. The zero-order valence-corrected chi connectivity index (χ0v) is 13.7. The Balaban J connectivity index is 2.88. The molecule has 0 spiro atoms. The summed E-state index contributed by atoms with van der Waals surface area (Å²) in [4.78, 5) is 12.1. The number of methoxy groups -OCH3 is 1. The second-order valence-corrected chi connectivity index (χ2v) is 6.36. The van der Waals surface area contributed by atoms with E-state index >= 15 is 0 Å². The van der Waals surface area contributed by atoms with Gasteiger partial charge < -0.3 is 10.1 Å². The normalized spacial score (nSPS) is 11.9. The van der Waals surface area contributed by atoms with E-state index in [2.05, 4.69) is 40.2 Å². The summed E-state index contributed by atoms with van der Waals surface area (Å²) in [6.45, 7) is 9.26. The fourth-order valence-corrected chi connectivity index (χ4v) is 1.89. The highest BCUT2D eigenvalue weighted by Gasteiger charge is 2.17. The fraction of sp³-hybridized carbons (Fsp3) is 0.692. The Morgan fingerprint density at radius 1 is 1.53 bits per heavy atom. The number of rotatable bonds is 6. The average Bonchev–Trinajstić information content (AvgIpc) is 2.34. The number of anilines is 1. The summed E-state index contributed by atoms with van der Waals surface area (Å²) in [5.74, 6) is 0.378. The van der Waals surface area contributed by atoms with E-state index in [0.717, 1.165) is 0 Å². The summed E-state index contributed by atoms with van der Waals surface area (Å²) >= 11 is 3.33. The zero-order chi connectivity index (χ0) is 14.6. The quantitative estimate of drug-likeness (QED) is 0.870. The Morgan fingerprint density at radius 3 is 2.68 bits per heavy atom. The van der Waals surface area contributed by atoms with Crippen molar-refractivity contribution in [2.24, 2.45) is 5.92 Å². The van der Waals surface area contributed by atoms with Crippen molar-refractivity contribution in [3.63, 3.8) is 0 Å². The molecule has 1 aromatic heterocycles. The van der Waals surface area contributed by atoms with E-state index in [1.807, 2.05) is 13.8 Å². The summed E-state index contributed by atoms with van der Waals surface area (Å²) in [5, 5.41) is 7.35. The molecule has 0 aliphatic rings. The van der Waals surface area contributed by atoms with Gasteiger partial charge in [-0.05, 0) is 35.7 Å². The molecule has 0 bridgehead atoms. The fourth-order valence-electron chi connectivity index (χ4n) is 1.44. The molecule has 6 heteroatoms. The van der Waals surface area contributed by atoms with Gasteiger partial charge in [-0.2, -0.15) is 5.10 Å². The molecule has 0 amide bonds. The highest BCUT2D eigenvalue weighted by atomic mass is 79.9. The second-order valence-electron chi connectivity index (χ2n) is 5.57. The lowest BCUT2D eigenvalue weighted by molar-refractivity contribution is 0.0343. The first kappa shape index (κ1) is 16.2. The molecular weight excluding hydrogens is 310 g/mol. The molecule has 5 nitrogen and oxygen atoms in total. The summed E-state index contributed by atoms with van der Waals surface area (Å²) in [6.07, 6.45) is 1.67. The number of hydrogen-bond acceptors (Lipinski definition) is 4. The van der Waals surface area contributed by atoms with Crippen molar-refractivity contribution in [2.75, 3.05) is 19.0 Å². The molecule has 1 heterocycles. The van der Waals surface area contributed by atoms with Gasteiger partial charge in [0.1, 0.15) is 4.47 Å². The molecule has 1 N–H and O–H groups in total. The lowest BCUT2D eigenvalue weighted by Crippen LogP contribution is -2.33. The molecule has 0 unspecified atom stereocenters. The van der Waals surface area contributed by atoms with Gasteiger partial charge in [-0.3, -0.25) is 4.79 Å². The first-order valence-electron chi connectivity index (χ1n) is 6.31. The van der Waals surface area contributed by atoms with Crippen LogP contribution in [0.15, 0.2) is 15.5 Å². The summed E-state index contributed by atoms with van der Waals surface area (Å²) in [5.41, 5.74) is 0.274. The van der Waals surface area contributed by atoms with E-state index in [-0.39, 0.29) is 11.2 Å². The van der Waals surface area contributed by atoms with Crippen LogP contribution in [0.2, 0.25) is 0 Å². The minimum absolute atomic E-state index is 0.117. The zero-order valence-electron chi connectivity index (χ0n) is 12.2. The van der Waals surface area contributed by atoms with Gasteiger partial charge in [0.2, 0.25) is 0 Å². The molecule has 0 atom stereocenters. The third-order valence-electron chi connectivity index (χ3n) is 2.78. The maximum absolute atomic E-state index is 12.1. The number of halogens is 1. The molecule has 0 aliphatic heterocycles. The van der Waals surface area contributed by atoms with Crippen LogP contribution in [0.4, 0.5) is 5.69 Å². The molecule has 0 saturated heterocycles. The van der Waals surface area contributed by atoms with Crippen LogP contribution in [0.3, 0.4) is 0 Å². The van der Waals surface area contributed by atoms with Crippen molar-refractivity contribution in [3.05, 3.63) is 21.0 Å². The Kier molecular flexibility index (Phi) is 5.55. The van der Waals surface area contributed by atoms with Gasteiger partial charge in [-0.1, -0.05) is 13.8 Å². The molecule has 0 saturated carbocycles. The van der Waals surface area contributed by atoms with E-state index < -0.39 is 0 Å². The first-order chi connectivity index (χ1) is 8.76. The molecule has 1 aromatic rings. The lowest BCUT2D eigenvalue weighted by atomic mass is 10.1. The summed E-state index contributed by atoms with van der Waals surface area (Å²) < 4.78 is 7.31. The number of aromatic nitrogens is 2. The third-order valence-corrected chi connectivity index (χ3v) is 3.55. The lowest BCUT2D eigenvalue weighted by Gasteiger charge is -2.24. The van der Waals surface area contributed by atoms with E-state index in [9.17, 15) is 4.79 Å². The van der Waals surface area contributed by atoms with Crippen LogP contribution < -0.4 is 10.9 Å². The summed E-state index contributed by atoms with van der Waals surface area (Å²) in [6, 6.07) is 0. The largest absolute Gasteiger partial charge is 0.380 e. The maximum Gasteiger partial charge on any atom is 0.283 e. The third kappa shape index (κ3) is 4.62. The van der Waals surface area contributed by atoms with Crippen LogP contribution in [0, 0.1) is 5.92 Å². The predicted molar refractivity (Wildman–Crippen MR) is 80.6 cm³/mol. The van der Waals surface area contributed by atoms with Crippen molar-refractivity contribution < 1.29 is 4.74 Å². The number of ether oxygens (including phenoxy) is 1. The molecule has 0 fully saturated rings. The summed E-state index contributed by atoms with van der Waals surface area (Å²) in [7, 11) is 1.66. The van der Waals surface area contributed by atoms with Crippen LogP contribution in [0.25, 0.3) is 0 Å². The van der Waals surface area contributed by atoms with Gasteiger partial charge in [-0.15, -0.1) is 0 Å². The smallest absolute Gasteiger partial charge is 0.283 e. The Labute approximate surface area is 122 Å². The number of nitrogens with one attached hydrogen (secondary N) is 1. The number of hydrogen-bond donors (Lipinski definition) is 1. The van der Waals surface area contributed by atoms with Crippen molar-refractivity contribution in [3.8, 4) is 0 Å². The average molecular weight is 332 g/mol. The molecule has 19 heavy (non-hydrogen) atoms. The molecule has 0 aliphatic carbocycles. The van der Waals surface area contributed by atoms with Gasteiger partial charge in [0.25, 0.3) is 5.56 Å². The highest BCUT2D eigenvalue weighted by molar-refractivity contribution is 9.10. The van der Waals surface area contributed by atoms with Crippen LogP contribution in [0.1, 0.15) is 27.7 Å². The molecule has 108 valence electrons. The van der Waals surface area contributed by atoms with Crippen LogP contribution in [-0.4, -0.2) is 29.0 Å². The maximum atomic E-state index is 12.1. The Bertz CT molecular complexity index is 483. The van der Waals surface area contributed by atoms with E-state index in [0.29, 0.717) is 29.2 Å². The monoisotopic (exact) mass is 331 g/mol. The first-order valence-corrected chi connectivity index (χ1v) is 7.11. The minimum atomic E-state index is -0.299. The van der Waals surface area contributed by atoms with Crippen molar-refractivity contribution in [1.82, 2.24) is 9.78 Å². The Morgan fingerprint density at radius 2 is 2.16 bits per heavy atom. The molecule has 0 radical (unpaired) electrons. The highest BCUT2D eigenvalue weighted by Crippen LogP contribution is 2.18. The van der Waals surface area contributed by atoms with Gasteiger partial charge in [-0.25, -0.2) is 4.68 Å². The van der Waals surface area contributed by atoms with E-state index in [1.165, 1.54) is 4.68 Å². The van der Waals surface area contributed by atoms with Crippen molar-refractivity contribution in [1.29, 1.82) is 0 Å². The minimum Gasteiger partial charge on any atom is -0.380 e. The predicted octanol–water partition coefficient (Wildman–Crippen LogP) is 2.50. The topological polar surface area (TPSA) is 56.1 Å². The van der Waals surface area contributed by atoms with Gasteiger partial charge in [0, 0.05) is 20.2 Å². The standard InChI is InChI=1S/C13H22BrN3O2/c1-9(2)7-17-12(18)11(14)10(6-16-17)15-8-13(3,4)19-5/h6,9,15H,7-8H2,1-5H3. The number of nitrogens with zero attached hydrogens (tertiary/aromatic N) is 2. The van der Waals surface area contributed by atoms with E-state index in [4.69, 9.17) is 4.74 Å². The van der Waals surface area contributed by atoms with Crippen molar-refractivity contribution in [2.45, 2.75) is 39.8 Å². The SMILES string of the molecule is COC(C)(C)CNc1cnn(CC(C)C)c(=O)c1Br. The van der Waals surface area contributed by atoms with Crippen LogP contribution >= 0.6 is 15.9 Å². The van der Waals surface area contributed by atoms with Gasteiger partial charge in [0.05, 0.1) is 17.5 Å². The van der Waals surface area contributed by atoms with Crippen molar-refractivity contribution >= 4 is 21.6 Å². The van der Waals surface area contributed by atoms with E-state index in [1.54, 1.807) is 13.3 Å². The van der Waals surface area contributed by atoms with Crippen LogP contribution in [0.5, 0.6) is 0 Å². The Hall–Kier alpha value is -0.880. The second kappa shape index (κ2) is 6.52. The van der Waals surface area contributed by atoms with Crippen LogP contribution in [-0.2, 0) is 11.3 Å². The van der Waals surface area contributed by atoms with Gasteiger partial charge in [0.15, 0.2) is 0 Å².